The second kappa shape index (κ2) is 5.21. The molecular weight excluding hydrogens is 216 g/mol. The Labute approximate surface area is 103 Å². The van der Waals surface area contributed by atoms with E-state index in [2.05, 4.69) is 24.8 Å². The number of furan rings is 1. The van der Waals surface area contributed by atoms with Gasteiger partial charge in [-0.2, -0.15) is 0 Å². The third-order valence-corrected chi connectivity index (χ3v) is 3.35. The van der Waals surface area contributed by atoms with Crippen molar-refractivity contribution in [3.63, 3.8) is 0 Å². The van der Waals surface area contributed by atoms with Crippen molar-refractivity contribution in [2.75, 3.05) is 13.2 Å². The van der Waals surface area contributed by atoms with E-state index in [1.54, 1.807) is 0 Å². The van der Waals surface area contributed by atoms with E-state index >= 15 is 0 Å². The maximum atomic E-state index is 5.74. The molecule has 96 valence electrons. The fraction of sp³-hybridized carbons (Fsp3) is 0.692. The number of morpholine rings is 1. The van der Waals surface area contributed by atoms with Gasteiger partial charge in [-0.15, -0.1) is 0 Å². The Bertz CT molecular complexity index is 375. The molecule has 2 N–H and O–H groups in total. The summed E-state index contributed by atoms with van der Waals surface area (Å²) < 4.78 is 11.4. The third kappa shape index (κ3) is 2.89. The zero-order valence-electron chi connectivity index (χ0n) is 10.9. The van der Waals surface area contributed by atoms with Crippen LogP contribution in [0.5, 0.6) is 0 Å². The lowest BCUT2D eigenvalue weighted by Gasteiger charge is -2.36. The predicted molar refractivity (Wildman–Crippen MR) is 66.6 cm³/mol. The summed E-state index contributed by atoms with van der Waals surface area (Å²) in [5.74, 6) is 1.90. The summed E-state index contributed by atoms with van der Waals surface area (Å²) in [5.41, 5.74) is 6.77. The highest BCUT2D eigenvalue weighted by Gasteiger charge is 2.24. The Morgan fingerprint density at radius 2 is 2.24 bits per heavy atom. The van der Waals surface area contributed by atoms with E-state index in [0.717, 1.165) is 36.8 Å². The van der Waals surface area contributed by atoms with Gasteiger partial charge in [-0.1, -0.05) is 0 Å². The standard InChI is InChI=1S/C13H22N2O2/c1-9-4-12(17-13(9)5-14)7-15-6-11(3)16-8-10(15)2/h4,10-11H,5-8,14H2,1-3H3. The summed E-state index contributed by atoms with van der Waals surface area (Å²) in [5, 5.41) is 0. The van der Waals surface area contributed by atoms with Crippen LogP contribution in [0.2, 0.25) is 0 Å². The first-order chi connectivity index (χ1) is 8.10. The lowest BCUT2D eigenvalue weighted by molar-refractivity contribution is -0.0546. The minimum absolute atomic E-state index is 0.302. The summed E-state index contributed by atoms with van der Waals surface area (Å²) in [6.07, 6.45) is 0.302. The molecule has 0 aromatic carbocycles. The van der Waals surface area contributed by atoms with E-state index in [9.17, 15) is 0 Å². The lowest BCUT2D eigenvalue weighted by Crippen LogP contribution is -2.46. The molecule has 0 spiro atoms. The van der Waals surface area contributed by atoms with Gasteiger partial charge in [-0.25, -0.2) is 0 Å². The minimum Gasteiger partial charge on any atom is -0.463 e. The van der Waals surface area contributed by atoms with Crippen LogP contribution < -0.4 is 5.73 Å². The number of rotatable bonds is 3. The highest BCUT2D eigenvalue weighted by molar-refractivity contribution is 5.19. The number of hydrogen-bond acceptors (Lipinski definition) is 4. The Morgan fingerprint density at radius 3 is 2.88 bits per heavy atom. The number of nitrogens with zero attached hydrogens (tertiary/aromatic N) is 1. The van der Waals surface area contributed by atoms with E-state index in [4.69, 9.17) is 14.9 Å². The molecule has 0 aliphatic carbocycles. The smallest absolute Gasteiger partial charge is 0.120 e. The average molecular weight is 238 g/mol. The van der Waals surface area contributed by atoms with Gasteiger partial charge in [0.2, 0.25) is 0 Å². The van der Waals surface area contributed by atoms with Gasteiger partial charge in [-0.05, 0) is 32.4 Å². The van der Waals surface area contributed by atoms with Crippen molar-refractivity contribution in [1.29, 1.82) is 0 Å². The molecule has 1 saturated heterocycles. The molecule has 0 amide bonds. The van der Waals surface area contributed by atoms with Crippen molar-refractivity contribution >= 4 is 0 Å². The Morgan fingerprint density at radius 1 is 1.47 bits per heavy atom. The molecule has 2 rings (SSSR count). The fourth-order valence-corrected chi connectivity index (χ4v) is 2.26. The van der Waals surface area contributed by atoms with Gasteiger partial charge >= 0.3 is 0 Å². The van der Waals surface area contributed by atoms with Crippen LogP contribution in [0.1, 0.15) is 30.9 Å². The predicted octanol–water partition coefficient (Wildman–Crippen LogP) is 1.66. The lowest BCUT2D eigenvalue weighted by atomic mass is 10.2. The Hall–Kier alpha value is -0.840. The molecule has 1 aromatic heterocycles. The summed E-state index contributed by atoms with van der Waals surface area (Å²) in [6.45, 7) is 9.41. The number of aryl methyl sites for hydroxylation is 1. The van der Waals surface area contributed by atoms with E-state index in [-0.39, 0.29) is 0 Å². The van der Waals surface area contributed by atoms with Gasteiger partial charge in [0.05, 0.1) is 25.8 Å². The second-order valence-corrected chi connectivity index (χ2v) is 4.95. The molecule has 1 aliphatic heterocycles. The van der Waals surface area contributed by atoms with Gasteiger partial charge in [0.25, 0.3) is 0 Å². The van der Waals surface area contributed by atoms with Crippen molar-refractivity contribution in [2.45, 2.75) is 46.0 Å². The maximum Gasteiger partial charge on any atom is 0.120 e. The van der Waals surface area contributed by atoms with Crippen LogP contribution >= 0.6 is 0 Å². The van der Waals surface area contributed by atoms with Crippen LogP contribution in [-0.2, 0) is 17.8 Å². The molecule has 2 unspecified atom stereocenters. The van der Waals surface area contributed by atoms with Crippen LogP contribution in [0.25, 0.3) is 0 Å². The molecule has 1 fully saturated rings. The summed E-state index contributed by atoms with van der Waals surface area (Å²) in [7, 11) is 0. The molecular formula is C13H22N2O2. The van der Waals surface area contributed by atoms with E-state index in [1.165, 1.54) is 0 Å². The Kier molecular flexibility index (Phi) is 3.86. The highest BCUT2D eigenvalue weighted by Crippen LogP contribution is 2.19. The molecule has 4 nitrogen and oxygen atoms in total. The number of hydrogen-bond donors (Lipinski definition) is 1. The van der Waals surface area contributed by atoms with Gasteiger partial charge in [-0.3, -0.25) is 4.90 Å². The summed E-state index contributed by atoms with van der Waals surface area (Å²) in [4.78, 5) is 2.40. The van der Waals surface area contributed by atoms with Crippen LogP contribution in [-0.4, -0.2) is 30.2 Å². The quantitative estimate of drug-likeness (QED) is 0.870. The summed E-state index contributed by atoms with van der Waals surface area (Å²) >= 11 is 0. The van der Waals surface area contributed by atoms with Crippen LogP contribution in [0, 0.1) is 6.92 Å². The highest BCUT2D eigenvalue weighted by atomic mass is 16.5. The SMILES string of the molecule is Cc1cc(CN2CC(C)OCC2C)oc1CN. The molecule has 17 heavy (non-hydrogen) atoms. The van der Waals surface area contributed by atoms with Gasteiger partial charge < -0.3 is 14.9 Å². The molecule has 0 bridgehead atoms. The van der Waals surface area contributed by atoms with E-state index < -0.39 is 0 Å². The van der Waals surface area contributed by atoms with Crippen molar-refractivity contribution in [1.82, 2.24) is 4.90 Å². The Balaban J connectivity index is 2.03. The molecule has 1 aromatic rings. The van der Waals surface area contributed by atoms with Crippen LogP contribution in [0.4, 0.5) is 0 Å². The maximum absolute atomic E-state index is 5.74. The minimum atomic E-state index is 0.302. The van der Waals surface area contributed by atoms with Crippen molar-refractivity contribution in [3.05, 3.63) is 23.2 Å². The molecule has 4 heteroatoms. The average Bonchev–Trinajstić information content (AvgIpc) is 2.64. The van der Waals surface area contributed by atoms with E-state index in [0.29, 0.717) is 18.7 Å². The zero-order chi connectivity index (χ0) is 12.4. The van der Waals surface area contributed by atoms with Gasteiger partial charge in [0.1, 0.15) is 11.5 Å². The van der Waals surface area contributed by atoms with Crippen LogP contribution in [0.3, 0.4) is 0 Å². The first-order valence-electron chi connectivity index (χ1n) is 6.24. The monoisotopic (exact) mass is 238 g/mol. The topological polar surface area (TPSA) is 51.6 Å². The van der Waals surface area contributed by atoms with Crippen molar-refractivity contribution in [2.24, 2.45) is 5.73 Å². The largest absolute Gasteiger partial charge is 0.463 e. The van der Waals surface area contributed by atoms with Gasteiger partial charge in [0, 0.05) is 12.6 Å². The van der Waals surface area contributed by atoms with Crippen molar-refractivity contribution < 1.29 is 9.15 Å². The third-order valence-electron chi connectivity index (χ3n) is 3.35. The molecule has 0 saturated carbocycles. The summed E-state index contributed by atoms with van der Waals surface area (Å²) in [6, 6.07) is 2.53. The number of ether oxygens (including phenoxy) is 1. The molecule has 2 atom stereocenters. The number of nitrogens with two attached hydrogens (primary N) is 1. The first-order valence-corrected chi connectivity index (χ1v) is 6.24. The zero-order valence-corrected chi connectivity index (χ0v) is 10.9. The second-order valence-electron chi connectivity index (χ2n) is 4.95. The van der Waals surface area contributed by atoms with Gasteiger partial charge in [0.15, 0.2) is 0 Å². The van der Waals surface area contributed by atoms with Crippen molar-refractivity contribution in [3.8, 4) is 0 Å². The van der Waals surface area contributed by atoms with E-state index in [1.807, 2.05) is 6.92 Å². The fourth-order valence-electron chi connectivity index (χ4n) is 2.26. The first kappa shape index (κ1) is 12.6. The molecule has 2 heterocycles. The molecule has 1 aliphatic rings. The normalized spacial score (nSPS) is 26.4. The van der Waals surface area contributed by atoms with Crippen LogP contribution in [0.15, 0.2) is 10.5 Å². The molecule has 0 radical (unpaired) electrons.